The molecule has 1 saturated heterocycles. The Morgan fingerprint density at radius 1 is 1.56 bits per heavy atom. The van der Waals surface area contributed by atoms with Crippen LogP contribution in [0.2, 0.25) is 0 Å². The van der Waals surface area contributed by atoms with Gasteiger partial charge in [-0.2, -0.15) is 0 Å². The molecule has 0 aromatic heterocycles. The summed E-state index contributed by atoms with van der Waals surface area (Å²) in [5, 5.41) is 9.23. The Kier molecular flexibility index (Phi) is 5.77. The summed E-state index contributed by atoms with van der Waals surface area (Å²) >= 11 is 0. The number of amides is 1. The van der Waals surface area contributed by atoms with E-state index >= 15 is 0 Å². The Bertz CT molecular complexity index is 221. The van der Waals surface area contributed by atoms with Crippen LogP contribution in [0.1, 0.15) is 45.4 Å². The number of nitrogens with zero attached hydrogens (tertiary/aromatic N) is 1. The number of aliphatic hydroxyl groups excluding tert-OH is 1. The van der Waals surface area contributed by atoms with Gasteiger partial charge in [0.1, 0.15) is 0 Å². The third-order valence-electron chi connectivity index (χ3n) is 3.31. The zero-order valence-corrected chi connectivity index (χ0v) is 10.2. The number of likely N-dealkylation sites (tertiary alicyclic amines) is 1. The van der Waals surface area contributed by atoms with Crippen LogP contribution in [0.25, 0.3) is 0 Å². The van der Waals surface area contributed by atoms with Crippen molar-refractivity contribution in [2.24, 2.45) is 5.73 Å². The Morgan fingerprint density at radius 3 is 2.94 bits per heavy atom. The molecule has 1 aliphatic rings. The predicted octanol–water partition coefficient (Wildman–Crippen LogP) is 0.877. The van der Waals surface area contributed by atoms with Crippen LogP contribution in [0.4, 0.5) is 0 Å². The second-order valence-corrected chi connectivity index (χ2v) is 4.61. The van der Waals surface area contributed by atoms with Crippen molar-refractivity contribution < 1.29 is 9.90 Å². The molecular formula is C12H24N2O2. The average Bonchev–Trinajstić information content (AvgIpc) is 2.34. The van der Waals surface area contributed by atoms with Gasteiger partial charge in [-0.25, -0.2) is 0 Å². The van der Waals surface area contributed by atoms with Crippen molar-refractivity contribution in [3.05, 3.63) is 0 Å². The number of nitrogens with two attached hydrogens (primary N) is 1. The summed E-state index contributed by atoms with van der Waals surface area (Å²) in [4.78, 5) is 13.8. The van der Waals surface area contributed by atoms with Gasteiger partial charge in [0.15, 0.2) is 0 Å². The highest BCUT2D eigenvalue weighted by Crippen LogP contribution is 2.18. The normalized spacial score (nSPS) is 23.2. The van der Waals surface area contributed by atoms with Crippen molar-refractivity contribution in [1.29, 1.82) is 0 Å². The summed E-state index contributed by atoms with van der Waals surface area (Å²) in [7, 11) is 0. The Labute approximate surface area is 97.8 Å². The lowest BCUT2D eigenvalue weighted by Gasteiger charge is -2.36. The first-order chi connectivity index (χ1) is 7.70. The van der Waals surface area contributed by atoms with Crippen LogP contribution in [-0.2, 0) is 4.79 Å². The largest absolute Gasteiger partial charge is 0.394 e. The molecule has 2 atom stereocenters. The van der Waals surface area contributed by atoms with Gasteiger partial charge in [0.2, 0.25) is 5.91 Å². The molecule has 1 aliphatic heterocycles. The molecular weight excluding hydrogens is 204 g/mol. The van der Waals surface area contributed by atoms with Gasteiger partial charge in [-0.15, -0.1) is 0 Å². The molecule has 0 spiro atoms. The van der Waals surface area contributed by atoms with E-state index in [9.17, 15) is 9.90 Å². The van der Waals surface area contributed by atoms with E-state index in [0.29, 0.717) is 0 Å². The van der Waals surface area contributed by atoms with Crippen LogP contribution in [0.3, 0.4) is 0 Å². The number of rotatable bonds is 5. The van der Waals surface area contributed by atoms with Crippen molar-refractivity contribution in [2.75, 3.05) is 13.2 Å². The van der Waals surface area contributed by atoms with Gasteiger partial charge in [0, 0.05) is 6.54 Å². The molecule has 1 rings (SSSR count). The first-order valence-corrected chi connectivity index (χ1v) is 6.37. The summed E-state index contributed by atoms with van der Waals surface area (Å²) < 4.78 is 0. The molecule has 0 aliphatic carbocycles. The molecule has 0 aromatic rings. The van der Waals surface area contributed by atoms with Crippen molar-refractivity contribution >= 4 is 5.91 Å². The van der Waals surface area contributed by atoms with Crippen molar-refractivity contribution in [3.63, 3.8) is 0 Å². The predicted molar refractivity (Wildman–Crippen MR) is 63.9 cm³/mol. The molecule has 4 heteroatoms. The molecule has 0 saturated carbocycles. The van der Waals surface area contributed by atoms with Gasteiger partial charge in [-0.1, -0.05) is 19.8 Å². The minimum Gasteiger partial charge on any atom is -0.394 e. The van der Waals surface area contributed by atoms with Gasteiger partial charge >= 0.3 is 0 Å². The lowest BCUT2D eigenvalue weighted by atomic mass is 10.0. The third-order valence-corrected chi connectivity index (χ3v) is 3.31. The van der Waals surface area contributed by atoms with Gasteiger partial charge in [-0.3, -0.25) is 4.79 Å². The van der Waals surface area contributed by atoms with E-state index in [1.54, 1.807) is 4.90 Å². The minimum atomic E-state index is -0.382. The maximum absolute atomic E-state index is 12.1. The molecule has 1 fully saturated rings. The monoisotopic (exact) mass is 228 g/mol. The quantitative estimate of drug-likeness (QED) is 0.734. The van der Waals surface area contributed by atoms with Crippen LogP contribution >= 0.6 is 0 Å². The van der Waals surface area contributed by atoms with Crippen LogP contribution in [0.5, 0.6) is 0 Å². The van der Waals surface area contributed by atoms with E-state index < -0.39 is 0 Å². The molecule has 94 valence electrons. The maximum atomic E-state index is 12.1. The highest BCUT2D eigenvalue weighted by atomic mass is 16.3. The summed E-state index contributed by atoms with van der Waals surface area (Å²) in [6.07, 6.45) is 5.84. The fraction of sp³-hybridized carbons (Fsp3) is 0.917. The molecule has 16 heavy (non-hydrogen) atoms. The molecule has 1 heterocycles. The minimum absolute atomic E-state index is 0.00562. The summed E-state index contributed by atoms with van der Waals surface area (Å²) in [6, 6.07) is -0.388. The van der Waals surface area contributed by atoms with Crippen molar-refractivity contribution in [1.82, 2.24) is 4.90 Å². The molecule has 3 N–H and O–H groups in total. The van der Waals surface area contributed by atoms with Crippen LogP contribution in [-0.4, -0.2) is 41.1 Å². The van der Waals surface area contributed by atoms with Gasteiger partial charge in [0.05, 0.1) is 18.7 Å². The number of unbranched alkanes of at least 4 members (excludes halogenated alkanes) is 1. The Morgan fingerprint density at radius 2 is 2.31 bits per heavy atom. The van der Waals surface area contributed by atoms with E-state index in [4.69, 9.17) is 5.73 Å². The number of aliphatic hydroxyl groups is 1. The number of hydrogen-bond acceptors (Lipinski definition) is 3. The third kappa shape index (κ3) is 3.46. The van der Waals surface area contributed by atoms with Gasteiger partial charge in [-0.05, 0) is 25.7 Å². The zero-order valence-electron chi connectivity index (χ0n) is 10.2. The van der Waals surface area contributed by atoms with Crippen LogP contribution in [0.15, 0.2) is 0 Å². The van der Waals surface area contributed by atoms with Gasteiger partial charge < -0.3 is 15.7 Å². The van der Waals surface area contributed by atoms with E-state index in [1.807, 2.05) is 0 Å². The van der Waals surface area contributed by atoms with Crippen molar-refractivity contribution in [2.45, 2.75) is 57.5 Å². The standard InChI is InChI=1S/C12H24N2O2/c1-2-3-7-11(13)12(16)14-8-5-4-6-10(14)9-15/h10-11,15H,2-9,13H2,1H3. The first kappa shape index (κ1) is 13.5. The highest BCUT2D eigenvalue weighted by molar-refractivity contribution is 5.82. The maximum Gasteiger partial charge on any atom is 0.239 e. The lowest BCUT2D eigenvalue weighted by molar-refractivity contribution is -0.137. The fourth-order valence-electron chi connectivity index (χ4n) is 2.24. The Hall–Kier alpha value is -0.610. The molecule has 4 nitrogen and oxygen atoms in total. The lowest BCUT2D eigenvalue weighted by Crippen LogP contribution is -2.51. The summed E-state index contributed by atoms with van der Waals surface area (Å²) in [6.45, 7) is 2.91. The topological polar surface area (TPSA) is 66.6 Å². The molecule has 2 unspecified atom stereocenters. The van der Waals surface area contributed by atoms with Gasteiger partial charge in [0.25, 0.3) is 0 Å². The molecule has 0 radical (unpaired) electrons. The molecule has 0 bridgehead atoms. The van der Waals surface area contributed by atoms with Crippen LogP contribution in [0, 0.1) is 0 Å². The average molecular weight is 228 g/mol. The fourth-order valence-corrected chi connectivity index (χ4v) is 2.24. The van der Waals surface area contributed by atoms with E-state index in [2.05, 4.69) is 6.92 Å². The number of carbonyl (C=O) groups is 1. The first-order valence-electron chi connectivity index (χ1n) is 6.37. The summed E-state index contributed by atoms with van der Waals surface area (Å²) in [5.74, 6) is 0.0206. The van der Waals surface area contributed by atoms with Crippen molar-refractivity contribution in [3.8, 4) is 0 Å². The Balaban J connectivity index is 2.49. The zero-order chi connectivity index (χ0) is 12.0. The van der Waals surface area contributed by atoms with Crippen LogP contribution < -0.4 is 5.73 Å². The highest BCUT2D eigenvalue weighted by Gasteiger charge is 2.28. The van der Waals surface area contributed by atoms with E-state index in [0.717, 1.165) is 45.1 Å². The number of carbonyl (C=O) groups excluding carboxylic acids is 1. The van der Waals surface area contributed by atoms with E-state index in [-0.39, 0.29) is 24.6 Å². The summed E-state index contributed by atoms with van der Waals surface area (Å²) in [5.41, 5.74) is 5.88. The van der Waals surface area contributed by atoms with E-state index in [1.165, 1.54) is 0 Å². The smallest absolute Gasteiger partial charge is 0.239 e. The number of piperidine rings is 1. The number of hydrogen-bond donors (Lipinski definition) is 2. The SMILES string of the molecule is CCCCC(N)C(=O)N1CCCCC1CO. The molecule has 0 aromatic carbocycles. The molecule has 1 amide bonds. The second kappa shape index (κ2) is 6.86. The second-order valence-electron chi connectivity index (χ2n) is 4.61.